The van der Waals surface area contributed by atoms with Crippen molar-refractivity contribution in [2.24, 2.45) is 5.10 Å². The van der Waals surface area contributed by atoms with Crippen LogP contribution in [0.4, 0.5) is 5.69 Å². The molecule has 0 aliphatic carbocycles. The lowest BCUT2D eigenvalue weighted by atomic mass is 10.1. The molecule has 0 saturated heterocycles. The fourth-order valence-corrected chi connectivity index (χ4v) is 2.25. The summed E-state index contributed by atoms with van der Waals surface area (Å²) >= 11 is 11.7. The van der Waals surface area contributed by atoms with Crippen molar-refractivity contribution in [3.63, 3.8) is 0 Å². The van der Waals surface area contributed by atoms with E-state index in [4.69, 9.17) is 23.2 Å². The van der Waals surface area contributed by atoms with Crippen molar-refractivity contribution in [2.75, 3.05) is 5.32 Å². The third kappa shape index (κ3) is 4.81. The summed E-state index contributed by atoms with van der Waals surface area (Å²) in [5.41, 5.74) is 4.35. The number of carbonyl (C=O) groups is 2. The van der Waals surface area contributed by atoms with Gasteiger partial charge in [0.15, 0.2) is 0 Å². The number of aryl methyl sites for hydroxylation is 1. The second-order valence-electron chi connectivity index (χ2n) is 4.84. The van der Waals surface area contributed by atoms with Gasteiger partial charge in [0.1, 0.15) is 0 Å². The molecule has 0 saturated carbocycles. The second-order valence-corrected chi connectivity index (χ2v) is 5.65. The van der Waals surface area contributed by atoms with E-state index in [2.05, 4.69) is 15.8 Å². The summed E-state index contributed by atoms with van der Waals surface area (Å²) in [4.78, 5) is 23.7. The topological polar surface area (TPSA) is 70.6 Å². The molecule has 24 heavy (non-hydrogen) atoms. The van der Waals surface area contributed by atoms with Gasteiger partial charge in [0.25, 0.3) is 0 Å². The van der Waals surface area contributed by atoms with Gasteiger partial charge in [-0.15, -0.1) is 0 Å². The molecule has 0 atom stereocenters. The molecule has 0 radical (unpaired) electrons. The van der Waals surface area contributed by atoms with Crippen LogP contribution in [0.5, 0.6) is 0 Å². The van der Waals surface area contributed by atoms with Crippen LogP contribution < -0.4 is 10.7 Å². The van der Waals surface area contributed by atoms with Crippen molar-refractivity contribution in [1.29, 1.82) is 0 Å². The molecule has 0 spiro atoms. The van der Waals surface area contributed by atoms with Crippen molar-refractivity contribution in [1.82, 2.24) is 5.43 Å². The molecule has 124 valence electrons. The molecule has 0 unspecified atom stereocenters. The van der Waals surface area contributed by atoms with Gasteiger partial charge in [-0.25, -0.2) is 5.43 Å². The molecule has 0 fully saturated rings. The van der Waals surface area contributed by atoms with Gasteiger partial charge < -0.3 is 5.32 Å². The van der Waals surface area contributed by atoms with E-state index in [9.17, 15) is 9.59 Å². The Balaban J connectivity index is 1.95. The van der Waals surface area contributed by atoms with Crippen LogP contribution in [0.15, 0.2) is 47.6 Å². The number of para-hydroxylation sites is 1. The van der Waals surface area contributed by atoms with E-state index < -0.39 is 11.8 Å². The van der Waals surface area contributed by atoms with E-state index in [0.29, 0.717) is 21.3 Å². The first kappa shape index (κ1) is 18.0. The van der Waals surface area contributed by atoms with Gasteiger partial charge in [-0.2, -0.15) is 5.10 Å². The molecule has 2 aromatic rings. The number of amides is 2. The Bertz CT molecular complexity index is 791. The van der Waals surface area contributed by atoms with Crippen LogP contribution in [0.2, 0.25) is 10.0 Å². The summed E-state index contributed by atoms with van der Waals surface area (Å²) in [6.45, 7) is 1.96. The largest absolute Gasteiger partial charge is 0.329 e. The summed E-state index contributed by atoms with van der Waals surface area (Å²) in [6, 6.07) is 12.2. The Morgan fingerprint density at radius 3 is 2.54 bits per heavy atom. The molecule has 7 heteroatoms. The molecule has 0 aliphatic heterocycles. The van der Waals surface area contributed by atoms with E-state index in [-0.39, 0.29) is 0 Å². The van der Waals surface area contributed by atoms with E-state index >= 15 is 0 Å². The minimum Gasteiger partial charge on any atom is -0.317 e. The number of hydrazone groups is 1. The molecule has 2 N–H and O–H groups in total. The SMILES string of the molecule is CCc1ccccc1NC(=O)C(=O)N/N=C\c1ccc(Cl)c(Cl)c1. The number of rotatable bonds is 4. The zero-order chi connectivity index (χ0) is 17.5. The Labute approximate surface area is 149 Å². The lowest BCUT2D eigenvalue weighted by Crippen LogP contribution is -2.32. The number of carbonyl (C=O) groups excluding carboxylic acids is 2. The summed E-state index contributed by atoms with van der Waals surface area (Å²) in [5, 5.41) is 7.09. The fraction of sp³-hybridized carbons (Fsp3) is 0.118. The zero-order valence-corrected chi connectivity index (χ0v) is 14.4. The molecule has 0 heterocycles. The van der Waals surface area contributed by atoms with Crippen LogP contribution in [0.25, 0.3) is 0 Å². The first-order chi connectivity index (χ1) is 11.5. The molecule has 2 rings (SSSR count). The predicted molar refractivity (Wildman–Crippen MR) is 96.6 cm³/mol. The highest BCUT2D eigenvalue weighted by Crippen LogP contribution is 2.21. The molecular weight excluding hydrogens is 349 g/mol. The first-order valence-corrected chi connectivity index (χ1v) is 7.94. The fourth-order valence-electron chi connectivity index (χ4n) is 1.94. The van der Waals surface area contributed by atoms with Crippen LogP contribution in [-0.2, 0) is 16.0 Å². The number of benzene rings is 2. The van der Waals surface area contributed by atoms with E-state index in [1.807, 2.05) is 19.1 Å². The van der Waals surface area contributed by atoms with Crippen molar-refractivity contribution >= 4 is 46.9 Å². The molecule has 0 aliphatic rings. The summed E-state index contributed by atoms with van der Waals surface area (Å²) < 4.78 is 0. The number of nitrogens with one attached hydrogen (secondary N) is 2. The van der Waals surface area contributed by atoms with E-state index in [1.54, 1.807) is 30.3 Å². The van der Waals surface area contributed by atoms with Crippen molar-refractivity contribution in [2.45, 2.75) is 13.3 Å². The van der Waals surface area contributed by atoms with Gasteiger partial charge >= 0.3 is 11.8 Å². The van der Waals surface area contributed by atoms with Gasteiger partial charge in [0, 0.05) is 5.69 Å². The van der Waals surface area contributed by atoms with Crippen molar-refractivity contribution < 1.29 is 9.59 Å². The minimum atomic E-state index is -0.864. The number of hydrogen-bond acceptors (Lipinski definition) is 3. The van der Waals surface area contributed by atoms with Crippen LogP contribution in [0.3, 0.4) is 0 Å². The third-order valence-electron chi connectivity index (χ3n) is 3.18. The van der Waals surface area contributed by atoms with Crippen LogP contribution in [-0.4, -0.2) is 18.0 Å². The molecule has 5 nitrogen and oxygen atoms in total. The molecule has 2 aromatic carbocycles. The standard InChI is InChI=1S/C17H15Cl2N3O2/c1-2-12-5-3-4-6-15(12)21-16(23)17(24)22-20-10-11-7-8-13(18)14(19)9-11/h3-10H,2H2,1H3,(H,21,23)(H,22,24)/b20-10-. The Morgan fingerprint density at radius 1 is 1.08 bits per heavy atom. The van der Waals surface area contributed by atoms with Crippen molar-refractivity contribution in [3.8, 4) is 0 Å². The number of anilines is 1. The van der Waals surface area contributed by atoms with E-state index in [1.165, 1.54) is 6.21 Å². The average Bonchev–Trinajstić information content (AvgIpc) is 2.58. The monoisotopic (exact) mass is 363 g/mol. The molecule has 0 bridgehead atoms. The summed E-state index contributed by atoms with van der Waals surface area (Å²) in [7, 11) is 0. The lowest BCUT2D eigenvalue weighted by Gasteiger charge is -2.08. The Hall–Kier alpha value is -2.37. The first-order valence-electron chi connectivity index (χ1n) is 7.18. The number of hydrogen-bond donors (Lipinski definition) is 2. The van der Waals surface area contributed by atoms with Gasteiger partial charge in [0.2, 0.25) is 0 Å². The maximum atomic E-state index is 11.9. The normalized spacial score (nSPS) is 10.6. The number of halogens is 2. The number of nitrogens with zero attached hydrogens (tertiary/aromatic N) is 1. The maximum absolute atomic E-state index is 11.9. The summed E-state index contributed by atoms with van der Waals surface area (Å²) in [5.74, 6) is -1.65. The second kappa shape index (κ2) is 8.47. The van der Waals surface area contributed by atoms with Crippen LogP contribution in [0.1, 0.15) is 18.1 Å². The predicted octanol–water partition coefficient (Wildman–Crippen LogP) is 3.64. The van der Waals surface area contributed by atoms with Crippen LogP contribution in [0, 0.1) is 0 Å². The third-order valence-corrected chi connectivity index (χ3v) is 3.92. The highest BCUT2D eigenvalue weighted by molar-refractivity contribution is 6.42. The quantitative estimate of drug-likeness (QED) is 0.494. The van der Waals surface area contributed by atoms with Gasteiger partial charge in [-0.1, -0.05) is 54.4 Å². The van der Waals surface area contributed by atoms with Gasteiger partial charge in [-0.3, -0.25) is 9.59 Å². The van der Waals surface area contributed by atoms with Crippen LogP contribution >= 0.6 is 23.2 Å². The summed E-state index contributed by atoms with van der Waals surface area (Å²) in [6.07, 6.45) is 2.11. The zero-order valence-electron chi connectivity index (χ0n) is 12.8. The average molecular weight is 364 g/mol. The smallest absolute Gasteiger partial charge is 0.317 e. The highest BCUT2D eigenvalue weighted by atomic mass is 35.5. The molecule has 2 amide bonds. The Morgan fingerprint density at radius 2 is 1.83 bits per heavy atom. The highest BCUT2D eigenvalue weighted by Gasteiger charge is 2.14. The Kier molecular flexibility index (Phi) is 6.35. The minimum absolute atomic E-state index is 0.376. The molecule has 0 aromatic heterocycles. The maximum Gasteiger partial charge on any atom is 0.329 e. The van der Waals surface area contributed by atoms with Gasteiger partial charge in [-0.05, 0) is 35.7 Å². The van der Waals surface area contributed by atoms with Crippen molar-refractivity contribution in [3.05, 3.63) is 63.6 Å². The van der Waals surface area contributed by atoms with E-state index in [0.717, 1.165) is 12.0 Å². The van der Waals surface area contributed by atoms with Gasteiger partial charge in [0.05, 0.1) is 16.3 Å². The lowest BCUT2D eigenvalue weighted by molar-refractivity contribution is -0.136. The molecular formula is C17H15Cl2N3O2.